The van der Waals surface area contributed by atoms with E-state index in [2.05, 4.69) is 121 Å². The third kappa shape index (κ3) is 7.55. The monoisotopic (exact) mass is 659 g/mol. The van der Waals surface area contributed by atoms with Crippen molar-refractivity contribution in [3.63, 3.8) is 0 Å². The predicted molar refractivity (Wildman–Crippen MR) is 188 cm³/mol. The highest BCUT2D eigenvalue weighted by molar-refractivity contribution is 7.95. The third-order valence-electron chi connectivity index (χ3n) is 7.68. The molecule has 0 saturated carbocycles. The van der Waals surface area contributed by atoms with Crippen molar-refractivity contribution in [3.8, 4) is 0 Å². The number of rotatable bonds is 9. The molecule has 0 aliphatic carbocycles. The number of carboxylic acids is 2. The Morgan fingerprint density at radius 3 is 1.04 bits per heavy atom. The Labute approximate surface area is 274 Å². The normalized spacial score (nSPS) is 11.1. The Morgan fingerprint density at radius 1 is 0.447 bits per heavy atom. The van der Waals surface area contributed by atoms with Gasteiger partial charge >= 0.3 is 11.9 Å². The molecule has 0 saturated heterocycles. The van der Waals surface area contributed by atoms with Crippen molar-refractivity contribution in [2.75, 3.05) is 0 Å². The molecule has 0 fully saturated rings. The zero-order valence-corrected chi connectivity index (χ0v) is 27.0. The van der Waals surface area contributed by atoms with Gasteiger partial charge in [0.2, 0.25) is 9.84 Å². The summed E-state index contributed by atoms with van der Waals surface area (Å²) in [6, 6.07) is 53.6. The molecule has 0 spiro atoms. The molecule has 0 unspecified atom stereocenters. The van der Waals surface area contributed by atoms with E-state index in [9.17, 15) is 18.0 Å². The first-order chi connectivity index (χ1) is 22.7. The highest BCUT2D eigenvalue weighted by Crippen LogP contribution is 2.58. The topological polar surface area (TPSA) is 109 Å². The summed E-state index contributed by atoms with van der Waals surface area (Å²) in [6.07, 6.45) is 1.03. The summed E-state index contributed by atoms with van der Waals surface area (Å²) >= 11 is 0. The Hall–Kier alpha value is -5.36. The van der Waals surface area contributed by atoms with Crippen LogP contribution in [-0.4, -0.2) is 30.6 Å². The van der Waals surface area contributed by atoms with Gasteiger partial charge < -0.3 is 10.2 Å². The largest absolute Gasteiger partial charge is 0.478 e. The number of hydrogen-bond donors (Lipinski definition) is 2. The molecule has 2 N–H and O–H groups in total. The predicted octanol–water partition coefficient (Wildman–Crippen LogP) is 7.10. The zero-order chi connectivity index (χ0) is 33.3. The number of hydrogen-bond acceptors (Lipinski definition) is 4. The van der Waals surface area contributed by atoms with E-state index >= 15 is 0 Å². The van der Waals surface area contributed by atoms with Crippen LogP contribution >= 0.6 is 7.26 Å². The van der Waals surface area contributed by atoms with Crippen molar-refractivity contribution in [2.45, 2.75) is 16.0 Å². The number of carbonyl (C=O) groups is 2. The van der Waals surface area contributed by atoms with Gasteiger partial charge in [-0.25, -0.2) is 18.0 Å². The number of aromatic carboxylic acids is 2. The summed E-state index contributed by atoms with van der Waals surface area (Å²) in [5, 5.41) is 21.8. The second-order valence-corrected chi connectivity index (χ2v) is 16.1. The number of carboxylic acid groups (broad SMARTS) is 2. The Balaban J connectivity index is 0.000000189. The minimum Gasteiger partial charge on any atom is -0.478 e. The number of sulfone groups is 1. The maximum atomic E-state index is 12.3. The van der Waals surface area contributed by atoms with E-state index in [0.29, 0.717) is 0 Å². The van der Waals surface area contributed by atoms with Gasteiger partial charge in [0.25, 0.3) is 0 Å². The molecule has 0 bridgehead atoms. The van der Waals surface area contributed by atoms with Crippen molar-refractivity contribution in [2.24, 2.45) is 0 Å². The van der Waals surface area contributed by atoms with Gasteiger partial charge in [0.05, 0.1) is 27.1 Å². The fourth-order valence-electron chi connectivity index (χ4n) is 5.32. The molecule has 6 aromatic rings. The maximum absolute atomic E-state index is 12.3. The van der Waals surface area contributed by atoms with Gasteiger partial charge in [0, 0.05) is 0 Å². The van der Waals surface area contributed by atoms with Crippen LogP contribution in [-0.2, 0) is 16.0 Å². The standard InChI is InChI=1S/C25H22P.C14H10O6S/c1-5-13-22(14-6-1)21-26(23-15-7-2-8-16-23,24-17-9-3-10-18-24)25-19-11-4-12-20-25;15-13(16)9-1-5-11(6-2-9)21(19,20)12-7-3-10(4-8-12)14(17)18/h1-20H,21H2;1-8H,(H,15,16)(H,17,18)/q+1;. The van der Waals surface area contributed by atoms with Crippen LogP contribution in [0.25, 0.3) is 0 Å². The second-order valence-electron chi connectivity index (χ2n) is 10.6. The molecule has 0 aliphatic rings. The molecule has 6 nitrogen and oxygen atoms in total. The van der Waals surface area contributed by atoms with Gasteiger partial charge in [0.1, 0.15) is 23.2 Å². The van der Waals surface area contributed by atoms with Crippen LogP contribution < -0.4 is 15.9 Å². The first kappa shape index (κ1) is 33.0. The molecule has 8 heteroatoms. The van der Waals surface area contributed by atoms with E-state index in [1.54, 1.807) is 0 Å². The molecule has 0 amide bonds. The minimum absolute atomic E-state index is 0.0184. The van der Waals surface area contributed by atoms with Gasteiger partial charge in [-0.1, -0.05) is 84.9 Å². The van der Waals surface area contributed by atoms with E-state index in [1.807, 2.05) is 0 Å². The molecule has 0 heterocycles. The quantitative estimate of drug-likeness (QED) is 0.160. The van der Waals surface area contributed by atoms with Gasteiger partial charge in [-0.05, 0) is 90.5 Å². The average Bonchev–Trinajstić information content (AvgIpc) is 3.12. The third-order valence-corrected chi connectivity index (χ3v) is 13.8. The fraction of sp³-hybridized carbons (Fsp3) is 0.0256. The average molecular weight is 660 g/mol. The van der Waals surface area contributed by atoms with Crippen LogP contribution in [0.1, 0.15) is 26.3 Å². The van der Waals surface area contributed by atoms with Crippen LogP contribution in [0.5, 0.6) is 0 Å². The van der Waals surface area contributed by atoms with Crippen molar-refractivity contribution in [3.05, 3.63) is 187 Å². The number of benzene rings is 6. The van der Waals surface area contributed by atoms with Crippen LogP contribution in [0.2, 0.25) is 0 Å². The fourth-order valence-corrected chi connectivity index (χ4v) is 10.8. The lowest BCUT2D eigenvalue weighted by atomic mass is 10.2. The molecular formula is C39H32O6PS+. The van der Waals surface area contributed by atoms with Gasteiger partial charge in [-0.2, -0.15) is 0 Å². The highest BCUT2D eigenvalue weighted by Gasteiger charge is 2.45. The summed E-state index contributed by atoms with van der Waals surface area (Å²) in [7, 11) is -5.58. The molecule has 47 heavy (non-hydrogen) atoms. The summed E-state index contributed by atoms with van der Waals surface area (Å²) in [5.74, 6) is -2.30. The van der Waals surface area contributed by atoms with Crippen LogP contribution in [0, 0.1) is 0 Å². The lowest BCUT2D eigenvalue weighted by Gasteiger charge is -2.27. The molecule has 6 aromatic carbocycles. The van der Waals surface area contributed by atoms with Gasteiger partial charge in [0.15, 0.2) is 0 Å². The van der Waals surface area contributed by atoms with Gasteiger partial charge in [-0.15, -0.1) is 0 Å². The van der Waals surface area contributed by atoms with Crippen molar-refractivity contribution >= 4 is 45.0 Å². The molecule has 6 rings (SSSR count). The Kier molecular flexibility index (Phi) is 10.4. The van der Waals surface area contributed by atoms with Crippen molar-refractivity contribution in [1.29, 1.82) is 0 Å². The molecule has 0 aliphatic heterocycles. The van der Waals surface area contributed by atoms with Crippen molar-refractivity contribution in [1.82, 2.24) is 0 Å². The maximum Gasteiger partial charge on any atom is 0.335 e. The van der Waals surface area contributed by atoms with E-state index in [4.69, 9.17) is 10.2 Å². The molecule has 234 valence electrons. The second kappa shape index (κ2) is 14.8. The lowest BCUT2D eigenvalue weighted by Crippen LogP contribution is -2.32. The van der Waals surface area contributed by atoms with Gasteiger partial charge in [-0.3, -0.25) is 0 Å². The van der Waals surface area contributed by atoms with Crippen LogP contribution in [0.15, 0.2) is 180 Å². The highest BCUT2D eigenvalue weighted by atomic mass is 32.2. The van der Waals surface area contributed by atoms with E-state index < -0.39 is 29.0 Å². The Bertz CT molecular complexity index is 1870. The van der Waals surface area contributed by atoms with E-state index in [-0.39, 0.29) is 20.9 Å². The first-order valence-corrected chi connectivity index (χ1v) is 18.2. The summed E-state index contributed by atoms with van der Waals surface area (Å²) in [5.41, 5.74) is 1.35. The SMILES string of the molecule is O=C(O)c1ccc(S(=O)(=O)c2ccc(C(=O)O)cc2)cc1.c1ccc(C[P+](c2ccccc2)(c2ccccc2)c2ccccc2)cc1. The molecule has 0 aromatic heterocycles. The summed E-state index contributed by atoms with van der Waals surface area (Å²) in [6.45, 7) is 0. The molecule has 0 radical (unpaired) electrons. The minimum atomic E-state index is -3.81. The zero-order valence-electron chi connectivity index (χ0n) is 25.3. The molecular weight excluding hydrogens is 627 g/mol. The molecule has 0 atom stereocenters. The van der Waals surface area contributed by atoms with E-state index in [1.165, 1.54) is 70.0 Å². The van der Waals surface area contributed by atoms with E-state index in [0.717, 1.165) is 6.16 Å². The first-order valence-electron chi connectivity index (χ1n) is 14.7. The van der Waals surface area contributed by atoms with Crippen LogP contribution in [0.4, 0.5) is 0 Å². The summed E-state index contributed by atoms with van der Waals surface area (Å²) < 4.78 is 24.6. The smallest absolute Gasteiger partial charge is 0.335 e. The van der Waals surface area contributed by atoms with Crippen molar-refractivity contribution < 1.29 is 28.2 Å². The Morgan fingerprint density at radius 2 is 0.745 bits per heavy atom. The summed E-state index contributed by atoms with van der Waals surface area (Å²) in [4.78, 5) is 21.3. The lowest BCUT2D eigenvalue weighted by molar-refractivity contribution is 0.0686. The van der Waals surface area contributed by atoms with Crippen LogP contribution in [0.3, 0.4) is 0 Å².